The molecule has 0 aromatic carbocycles. The number of aromatic nitrogens is 1. The number of hydrogen-bond acceptors (Lipinski definition) is 3. The van der Waals surface area contributed by atoms with Gasteiger partial charge in [-0.15, -0.1) is 0 Å². The molecule has 1 unspecified atom stereocenters. The maximum Gasteiger partial charge on any atom is 0.239 e. The summed E-state index contributed by atoms with van der Waals surface area (Å²) in [7, 11) is 1.82. The van der Waals surface area contributed by atoms with Gasteiger partial charge in [-0.05, 0) is 44.5 Å². The van der Waals surface area contributed by atoms with E-state index in [9.17, 15) is 4.79 Å². The maximum atomic E-state index is 11.8. The highest BCUT2D eigenvalue weighted by Crippen LogP contribution is 1.97. The van der Waals surface area contributed by atoms with Gasteiger partial charge in [0.2, 0.25) is 5.91 Å². The molecule has 0 bridgehead atoms. The second kappa shape index (κ2) is 7.01. The zero-order chi connectivity index (χ0) is 12.7. The number of nitrogens with zero attached hydrogens (tertiary/aromatic N) is 2. The summed E-state index contributed by atoms with van der Waals surface area (Å²) < 4.78 is 0. The lowest BCUT2D eigenvalue weighted by molar-refractivity contribution is -0.131. The molecule has 94 valence electrons. The third kappa shape index (κ3) is 4.53. The van der Waals surface area contributed by atoms with Crippen LogP contribution in [-0.4, -0.2) is 42.0 Å². The summed E-state index contributed by atoms with van der Waals surface area (Å²) in [5.74, 6) is 0.141. The first-order chi connectivity index (χ1) is 8.15. The zero-order valence-corrected chi connectivity index (χ0v) is 10.8. The Morgan fingerprint density at radius 2 is 2.12 bits per heavy atom. The largest absolute Gasteiger partial charge is 0.345 e. The Bertz CT molecular complexity index is 340. The van der Waals surface area contributed by atoms with Crippen LogP contribution in [-0.2, 0) is 11.2 Å². The average molecular weight is 235 g/mol. The van der Waals surface area contributed by atoms with E-state index >= 15 is 0 Å². The Kier molecular flexibility index (Phi) is 5.63. The summed E-state index contributed by atoms with van der Waals surface area (Å²) in [5.41, 5.74) is 1.23. The third-order valence-electron chi connectivity index (χ3n) is 2.83. The van der Waals surface area contributed by atoms with Crippen molar-refractivity contribution in [3.63, 3.8) is 0 Å². The van der Waals surface area contributed by atoms with Gasteiger partial charge in [0.25, 0.3) is 0 Å². The van der Waals surface area contributed by atoms with Gasteiger partial charge in [0.05, 0.1) is 6.04 Å². The smallest absolute Gasteiger partial charge is 0.239 e. The van der Waals surface area contributed by atoms with Crippen LogP contribution < -0.4 is 5.32 Å². The summed E-state index contributed by atoms with van der Waals surface area (Å²) in [4.78, 5) is 17.5. The van der Waals surface area contributed by atoms with Crippen molar-refractivity contribution in [2.75, 3.05) is 20.1 Å². The number of nitrogens with one attached hydrogen (secondary N) is 1. The molecule has 0 saturated heterocycles. The monoisotopic (exact) mass is 235 g/mol. The van der Waals surface area contributed by atoms with E-state index in [1.54, 1.807) is 17.3 Å². The van der Waals surface area contributed by atoms with E-state index in [4.69, 9.17) is 0 Å². The highest BCUT2D eigenvalue weighted by Gasteiger charge is 2.14. The predicted molar refractivity (Wildman–Crippen MR) is 68.7 cm³/mol. The van der Waals surface area contributed by atoms with Crippen LogP contribution in [0.15, 0.2) is 24.5 Å². The fourth-order valence-electron chi connectivity index (χ4n) is 1.56. The van der Waals surface area contributed by atoms with Crippen molar-refractivity contribution in [2.45, 2.75) is 26.3 Å². The quantitative estimate of drug-likeness (QED) is 0.802. The van der Waals surface area contributed by atoms with Gasteiger partial charge in [-0.1, -0.05) is 0 Å². The fraction of sp³-hybridized carbons (Fsp3) is 0.538. The molecule has 1 aromatic heterocycles. The minimum atomic E-state index is -0.123. The van der Waals surface area contributed by atoms with Gasteiger partial charge in [0.1, 0.15) is 0 Å². The van der Waals surface area contributed by atoms with Crippen LogP contribution in [0.1, 0.15) is 19.4 Å². The van der Waals surface area contributed by atoms with Crippen LogP contribution in [0.25, 0.3) is 0 Å². The Morgan fingerprint density at radius 3 is 2.71 bits per heavy atom. The lowest BCUT2D eigenvalue weighted by Crippen LogP contribution is -2.43. The molecule has 0 aliphatic heterocycles. The lowest BCUT2D eigenvalue weighted by atomic mass is 10.2. The van der Waals surface area contributed by atoms with Crippen molar-refractivity contribution in [1.82, 2.24) is 15.2 Å². The molecule has 0 fully saturated rings. The van der Waals surface area contributed by atoms with Gasteiger partial charge < -0.3 is 10.2 Å². The fourth-order valence-corrected chi connectivity index (χ4v) is 1.56. The summed E-state index contributed by atoms with van der Waals surface area (Å²) in [6.45, 7) is 5.42. The molecule has 1 atom stereocenters. The molecule has 17 heavy (non-hydrogen) atoms. The van der Waals surface area contributed by atoms with Crippen LogP contribution >= 0.6 is 0 Å². The van der Waals surface area contributed by atoms with E-state index in [0.717, 1.165) is 19.5 Å². The van der Waals surface area contributed by atoms with Crippen molar-refractivity contribution in [3.8, 4) is 0 Å². The summed E-state index contributed by atoms with van der Waals surface area (Å²) in [6, 6.07) is 3.86. The lowest BCUT2D eigenvalue weighted by Gasteiger charge is -2.20. The number of hydrogen-bond donors (Lipinski definition) is 1. The number of likely N-dealkylation sites (N-methyl/N-ethyl adjacent to an activating group) is 1. The Balaban J connectivity index is 2.29. The molecule has 1 amide bonds. The Labute approximate surface area is 103 Å². The minimum absolute atomic E-state index is 0.123. The molecular weight excluding hydrogens is 214 g/mol. The highest BCUT2D eigenvalue weighted by molar-refractivity contribution is 5.81. The maximum absolute atomic E-state index is 11.8. The van der Waals surface area contributed by atoms with Crippen LogP contribution in [0.2, 0.25) is 0 Å². The number of carbonyl (C=O) groups excluding carboxylic acids is 1. The molecule has 0 radical (unpaired) electrons. The van der Waals surface area contributed by atoms with Crippen LogP contribution in [0.3, 0.4) is 0 Å². The summed E-state index contributed by atoms with van der Waals surface area (Å²) >= 11 is 0. The molecule has 0 aliphatic carbocycles. The van der Waals surface area contributed by atoms with E-state index in [1.807, 2.05) is 33.0 Å². The van der Waals surface area contributed by atoms with Crippen LogP contribution in [0.5, 0.6) is 0 Å². The van der Waals surface area contributed by atoms with Crippen molar-refractivity contribution in [3.05, 3.63) is 30.1 Å². The molecule has 0 spiro atoms. The number of amides is 1. The minimum Gasteiger partial charge on any atom is -0.345 e. The molecule has 1 rings (SSSR count). The van der Waals surface area contributed by atoms with Gasteiger partial charge in [-0.3, -0.25) is 9.78 Å². The first-order valence-electron chi connectivity index (χ1n) is 6.02. The second-order valence-electron chi connectivity index (χ2n) is 4.13. The molecular formula is C13H21N3O. The molecule has 1 heterocycles. The van der Waals surface area contributed by atoms with Gasteiger partial charge in [0.15, 0.2) is 0 Å². The van der Waals surface area contributed by atoms with Crippen LogP contribution in [0, 0.1) is 0 Å². The summed E-state index contributed by atoms with van der Waals surface area (Å²) in [6.07, 6.45) is 4.49. The van der Waals surface area contributed by atoms with Gasteiger partial charge in [-0.25, -0.2) is 0 Å². The molecule has 1 N–H and O–H groups in total. The number of carbonyl (C=O) groups is 1. The normalized spacial score (nSPS) is 12.2. The highest BCUT2D eigenvalue weighted by atomic mass is 16.2. The molecule has 4 heteroatoms. The van der Waals surface area contributed by atoms with Gasteiger partial charge >= 0.3 is 0 Å². The third-order valence-corrected chi connectivity index (χ3v) is 2.83. The zero-order valence-electron chi connectivity index (χ0n) is 10.8. The first kappa shape index (κ1) is 13.6. The van der Waals surface area contributed by atoms with Crippen molar-refractivity contribution in [2.24, 2.45) is 0 Å². The van der Waals surface area contributed by atoms with Crippen molar-refractivity contribution < 1.29 is 4.79 Å². The number of pyridine rings is 1. The Morgan fingerprint density at radius 1 is 1.47 bits per heavy atom. The van der Waals surface area contributed by atoms with E-state index in [0.29, 0.717) is 0 Å². The Hall–Kier alpha value is -1.42. The molecule has 1 aromatic rings. The number of rotatable bonds is 6. The van der Waals surface area contributed by atoms with E-state index in [-0.39, 0.29) is 11.9 Å². The SMILES string of the molecule is CCN(C)C(=O)C(C)NCCc1ccncc1. The molecule has 0 saturated carbocycles. The molecule has 4 nitrogen and oxygen atoms in total. The van der Waals surface area contributed by atoms with Crippen LogP contribution in [0.4, 0.5) is 0 Å². The second-order valence-corrected chi connectivity index (χ2v) is 4.13. The van der Waals surface area contributed by atoms with Crippen molar-refractivity contribution in [1.29, 1.82) is 0 Å². The summed E-state index contributed by atoms with van der Waals surface area (Å²) in [5, 5.41) is 3.23. The van der Waals surface area contributed by atoms with E-state index < -0.39 is 0 Å². The topological polar surface area (TPSA) is 45.2 Å². The standard InChI is InChI=1S/C13H21N3O/c1-4-16(3)13(17)11(2)15-10-7-12-5-8-14-9-6-12/h5-6,8-9,11,15H,4,7,10H2,1-3H3. The van der Waals surface area contributed by atoms with E-state index in [1.165, 1.54) is 5.56 Å². The van der Waals surface area contributed by atoms with Gasteiger partial charge in [-0.2, -0.15) is 0 Å². The van der Waals surface area contributed by atoms with Gasteiger partial charge in [0, 0.05) is 26.0 Å². The first-order valence-corrected chi connectivity index (χ1v) is 6.02. The average Bonchev–Trinajstić information content (AvgIpc) is 2.38. The van der Waals surface area contributed by atoms with E-state index in [2.05, 4.69) is 10.3 Å². The predicted octanol–water partition coefficient (Wildman–Crippen LogP) is 1.08. The molecule has 0 aliphatic rings. The van der Waals surface area contributed by atoms with Crippen molar-refractivity contribution >= 4 is 5.91 Å².